The van der Waals surface area contributed by atoms with Crippen LogP contribution in [0, 0.1) is 11.6 Å². The molecule has 2 aromatic rings. The predicted molar refractivity (Wildman–Crippen MR) is 99.6 cm³/mol. The summed E-state index contributed by atoms with van der Waals surface area (Å²) >= 11 is 0. The molecule has 1 amide bonds. The van der Waals surface area contributed by atoms with E-state index in [1.54, 1.807) is 11.1 Å². The van der Waals surface area contributed by atoms with Gasteiger partial charge in [-0.1, -0.05) is 0 Å². The van der Waals surface area contributed by atoms with Crippen molar-refractivity contribution in [3.8, 4) is 0 Å². The van der Waals surface area contributed by atoms with Crippen molar-refractivity contribution in [2.75, 3.05) is 33.7 Å². The normalized spacial score (nSPS) is 17.5. The Morgan fingerprint density at radius 1 is 1.33 bits per heavy atom. The summed E-state index contributed by atoms with van der Waals surface area (Å²) in [6.07, 6.45) is 6.58. The van der Waals surface area contributed by atoms with Gasteiger partial charge in [-0.25, -0.2) is 13.8 Å². The highest BCUT2D eigenvalue weighted by atomic mass is 19.1. The molecule has 1 aromatic heterocycles. The van der Waals surface area contributed by atoms with Gasteiger partial charge in [-0.15, -0.1) is 0 Å². The van der Waals surface area contributed by atoms with Crippen molar-refractivity contribution in [2.45, 2.75) is 31.7 Å². The Hall–Kier alpha value is -2.28. The number of rotatable bonds is 6. The number of likely N-dealkylation sites (tertiary alicyclic amines) is 1. The summed E-state index contributed by atoms with van der Waals surface area (Å²) in [5.74, 6) is -0.776. The van der Waals surface area contributed by atoms with E-state index in [0.717, 1.165) is 50.3 Å². The Morgan fingerprint density at radius 2 is 2.15 bits per heavy atom. The number of aryl methyl sites for hydroxylation is 1. The molecule has 0 bridgehead atoms. The van der Waals surface area contributed by atoms with E-state index < -0.39 is 11.6 Å². The topological polar surface area (TPSA) is 41.4 Å². The van der Waals surface area contributed by atoms with Gasteiger partial charge in [0.2, 0.25) is 0 Å². The van der Waals surface area contributed by atoms with E-state index in [2.05, 4.69) is 14.5 Å². The molecule has 1 atom stereocenters. The Bertz CT molecular complexity index is 790. The summed E-state index contributed by atoms with van der Waals surface area (Å²) < 4.78 is 29.3. The third-order valence-corrected chi connectivity index (χ3v) is 4.99. The van der Waals surface area contributed by atoms with Gasteiger partial charge in [-0.3, -0.25) is 4.79 Å². The second-order valence-electron chi connectivity index (χ2n) is 7.35. The minimum atomic E-state index is -0.813. The van der Waals surface area contributed by atoms with Crippen molar-refractivity contribution in [2.24, 2.45) is 0 Å². The SMILES string of the molecule is CN(C)CCCn1ccnc1C1CCCN(C(=O)c2ccc(F)cc2F)C1. The van der Waals surface area contributed by atoms with Crippen molar-refractivity contribution in [3.63, 3.8) is 0 Å². The van der Waals surface area contributed by atoms with Crippen LogP contribution in [-0.4, -0.2) is 59.0 Å². The maximum atomic E-state index is 14.0. The van der Waals surface area contributed by atoms with Crippen LogP contribution in [0.25, 0.3) is 0 Å². The maximum absolute atomic E-state index is 14.0. The number of piperidine rings is 1. The molecule has 1 aliphatic heterocycles. The quantitative estimate of drug-likeness (QED) is 0.778. The third-order valence-electron chi connectivity index (χ3n) is 4.99. The molecule has 1 fully saturated rings. The Kier molecular flexibility index (Phi) is 6.21. The number of benzene rings is 1. The molecule has 1 unspecified atom stereocenters. The number of hydrogen-bond donors (Lipinski definition) is 0. The maximum Gasteiger partial charge on any atom is 0.256 e. The fourth-order valence-electron chi connectivity index (χ4n) is 3.63. The second-order valence-corrected chi connectivity index (χ2v) is 7.35. The van der Waals surface area contributed by atoms with Gasteiger partial charge < -0.3 is 14.4 Å². The third kappa shape index (κ3) is 4.71. The Morgan fingerprint density at radius 3 is 2.89 bits per heavy atom. The molecule has 0 N–H and O–H groups in total. The largest absolute Gasteiger partial charge is 0.338 e. The zero-order valence-corrected chi connectivity index (χ0v) is 15.9. The van der Waals surface area contributed by atoms with E-state index in [-0.39, 0.29) is 17.4 Å². The van der Waals surface area contributed by atoms with Gasteiger partial charge in [-0.2, -0.15) is 0 Å². The van der Waals surface area contributed by atoms with Gasteiger partial charge in [0.1, 0.15) is 17.5 Å². The number of halogens is 2. The van der Waals surface area contributed by atoms with Crippen molar-refractivity contribution in [1.82, 2.24) is 19.4 Å². The molecule has 146 valence electrons. The molecule has 27 heavy (non-hydrogen) atoms. The van der Waals surface area contributed by atoms with Crippen molar-refractivity contribution in [3.05, 3.63) is 53.6 Å². The molecule has 0 saturated carbocycles. The summed E-state index contributed by atoms with van der Waals surface area (Å²) in [6.45, 7) is 2.95. The van der Waals surface area contributed by atoms with Crippen LogP contribution in [0.15, 0.2) is 30.6 Å². The van der Waals surface area contributed by atoms with Crippen LogP contribution in [0.4, 0.5) is 8.78 Å². The van der Waals surface area contributed by atoms with Gasteiger partial charge in [0.05, 0.1) is 5.56 Å². The lowest BCUT2D eigenvalue weighted by Crippen LogP contribution is -2.40. The molecule has 0 aliphatic carbocycles. The second kappa shape index (κ2) is 8.61. The monoisotopic (exact) mass is 376 g/mol. The summed E-state index contributed by atoms with van der Waals surface area (Å²) in [5, 5.41) is 0. The molecule has 0 spiro atoms. The first-order valence-corrected chi connectivity index (χ1v) is 9.36. The van der Waals surface area contributed by atoms with E-state index in [1.165, 1.54) is 6.07 Å². The van der Waals surface area contributed by atoms with Gasteiger partial charge >= 0.3 is 0 Å². The van der Waals surface area contributed by atoms with Crippen LogP contribution < -0.4 is 0 Å². The lowest BCUT2D eigenvalue weighted by molar-refractivity contribution is 0.0698. The van der Waals surface area contributed by atoms with E-state index in [9.17, 15) is 13.6 Å². The van der Waals surface area contributed by atoms with Gasteiger partial charge in [0, 0.05) is 44.0 Å². The summed E-state index contributed by atoms with van der Waals surface area (Å²) in [7, 11) is 4.10. The number of hydrogen-bond acceptors (Lipinski definition) is 3. The van der Waals surface area contributed by atoms with Crippen LogP contribution in [0.2, 0.25) is 0 Å². The lowest BCUT2D eigenvalue weighted by atomic mass is 9.96. The van der Waals surface area contributed by atoms with Crippen molar-refractivity contribution < 1.29 is 13.6 Å². The van der Waals surface area contributed by atoms with Crippen molar-refractivity contribution >= 4 is 5.91 Å². The number of nitrogens with zero attached hydrogens (tertiary/aromatic N) is 4. The molecule has 1 aromatic carbocycles. The highest BCUT2D eigenvalue weighted by Gasteiger charge is 2.29. The van der Waals surface area contributed by atoms with Crippen LogP contribution in [0.5, 0.6) is 0 Å². The van der Waals surface area contributed by atoms with Gasteiger partial charge in [-0.05, 0) is 52.0 Å². The highest BCUT2D eigenvalue weighted by molar-refractivity contribution is 5.94. The molecule has 3 rings (SSSR count). The molecular formula is C20H26F2N4O. The number of imidazole rings is 1. The van der Waals surface area contributed by atoms with Crippen LogP contribution in [-0.2, 0) is 6.54 Å². The first-order chi connectivity index (χ1) is 13.0. The molecule has 0 radical (unpaired) electrons. The Balaban J connectivity index is 1.69. The smallest absolute Gasteiger partial charge is 0.256 e. The lowest BCUT2D eigenvalue weighted by Gasteiger charge is -2.33. The molecule has 1 saturated heterocycles. The van der Waals surface area contributed by atoms with E-state index >= 15 is 0 Å². The number of aromatic nitrogens is 2. The average molecular weight is 376 g/mol. The van der Waals surface area contributed by atoms with Crippen LogP contribution >= 0.6 is 0 Å². The van der Waals surface area contributed by atoms with Gasteiger partial charge in [0.25, 0.3) is 5.91 Å². The zero-order chi connectivity index (χ0) is 19.4. The minimum Gasteiger partial charge on any atom is -0.338 e. The van der Waals surface area contributed by atoms with E-state index in [0.29, 0.717) is 13.1 Å². The molecular weight excluding hydrogens is 350 g/mol. The van der Waals surface area contributed by atoms with E-state index in [4.69, 9.17) is 0 Å². The molecule has 1 aliphatic rings. The standard InChI is InChI=1S/C20H26F2N4O/c1-24(2)9-4-11-25-12-8-23-19(25)15-5-3-10-26(14-15)20(27)17-7-6-16(21)13-18(17)22/h6-8,12-13,15H,3-5,9-11,14H2,1-2H3. The Labute approximate surface area is 158 Å². The fraction of sp³-hybridized carbons (Fsp3) is 0.500. The van der Waals surface area contributed by atoms with Crippen molar-refractivity contribution in [1.29, 1.82) is 0 Å². The highest BCUT2D eigenvalue weighted by Crippen LogP contribution is 2.27. The zero-order valence-electron chi connectivity index (χ0n) is 15.9. The van der Waals surface area contributed by atoms with E-state index in [1.807, 2.05) is 20.3 Å². The average Bonchev–Trinajstić information content (AvgIpc) is 3.09. The summed E-state index contributed by atoms with van der Waals surface area (Å²) in [6, 6.07) is 3.10. The first-order valence-electron chi connectivity index (χ1n) is 9.36. The molecule has 5 nitrogen and oxygen atoms in total. The fourth-order valence-corrected chi connectivity index (χ4v) is 3.63. The summed E-state index contributed by atoms with van der Waals surface area (Å²) in [5.41, 5.74) is -0.0774. The number of amides is 1. The number of carbonyl (C=O) groups excluding carboxylic acids is 1. The minimum absolute atomic E-state index is 0.0774. The first kappa shape index (κ1) is 19.5. The molecule has 7 heteroatoms. The number of carbonyl (C=O) groups is 1. The molecule has 2 heterocycles. The van der Waals surface area contributed by atoms with Crippen LogP contribution in [0.3, 0.4) is 0 Å². The van der Waals surface area contributed by atoms with Gasteiger partial charge in [0.15, 0.2) is 0 Å². The van der Waals surface area contributed by atoms with Crippen LogP contribution in [0.1, 0.15) is 41.4 Å². The predicted octanol–water partition coefficient (Wildman–Crippen LogP) is 3.13. The summed E-state index contributed by atoms with van der Waals surface area (Å²) in [4.78, 5) is 21.0.